The standard InChI is InChI=1S/C18H24N4O3/c1-18(2,3)16-12(9-19-11-21-16)10-20-17(23)22-13-6-7-14(24-4)15(8-13)25-5/h6-9,11H,10H2,1-5H3,(H2,20,22,23). The largest absolute Gasteiger partial charge is 0.493 e. The van der Waals surface area contributed by atoms with Crippen molar-refractivity contribution in [1.29, 1.82) is 0 Å². The molecular formula is C18H24N4O3. The molecule has 1 aromatic carbocycles. The van der Waals surface area contributed by atoms with Crippen molar-refractivity contribution in [1.82, 2.24) is 15.3 Å². The van der Waals surface area contributed by atoms with E-state index in [0.29, 0.717) is 23.7 Å². The Morgan fingerprint density at radius 2 is 1.88 bits per heavy atom. The third-order valence-electron chi connectivity index (χ3n) is 3.58. The second-order valence-corrected chi connectivity index (χ2v) is 6.52. The fourth-order valence-corrected chi connectivity index (χ4v) is 2.43. The average Bonchev–Trinajstić information content (AvgIpc) is 2.59. The molecule has 0 saturated heterocycles. The molecule has 0 spiro atoms. The Hall–Kier alpha value is -2.83. The number of carbonyl (C=O) groups is 1. The average molecular weight is 344 g/mol. The van der Waals surface area contributed by atoms with Gasteiger partial charge in [0.25, 0.3) is 0 Å². The minimum atomic E-state index is -0.323. The number of nitrogens with zero attached hydrogens (tertiary/aromatic N) is 2. The topological polar surface area (TPSA) is 85.4 Å². The van der Waals surface area contributed by atoms with Crippen LogP contribution in [0.25, 0.3) is 0 Å². The van der Waals surface area contributed by atoms with Gasteiger partial charge in [-0.15, -0.1) is 0 Å². The fraction of sp³-hybridized carbons (Fsp3) is 0.389. The summed E-state index contributed by atoms with van der Waals surface area (Å²) in [4.78, 5) is 20.6. The molecule has 2 N–H and O–H groups in total. The predicted octanol–water partition coefficient (Wildman–Crippen LogP) is 3.11. The molecule has 0 saturated carbocycles. The third-order valence-corrected chi connectivity index (χ3v) is 3.58. The van der Waals surface area contributed by atoms with Crippen LogP contribution >= 0.6 is 0 Å². The monoisotopic (exact) mass is 344 g/mol. The first-order valence-electron chi connectivity index (χ1n) is 7.91. The van der Waals surface area contributed by atoms with Crippen LogP contribution in [0.3, 0.4) is 0 Å². The zero-order valence-corrected chi connectivity index (χ0v) is 15.2. The summed E-state index contributed by atoms with van der Waals surface area (Å²) in [6.45, 7) is 6.56. The molecule has 1 heterocycles. The lowest BCUT2D eigenvalue weighted by atomic mass is 9.89. The molecule has 0 aliphatic carbocycles. The van der Waals surface area contributed by atoms with E-state index in [0.717, 1.165) is 11.3 Å². The van der Waals surface area contributed by atoms with E-state index in [2.05, 4.69) is 41.4 Å². The minimum Gasteiger partial charge on any atom is -0.493 e. The van der Waals surface area contributed by atoms with Gasteiger partial charge in [-0.05, 0) is 12.1 Å². The smallest absolute Gasteiger partial charge is 0.319 e. The summed E-state index contributed by atoms with van der Waals surface area (Å²) in [7, 11) is 3.11. The van der Waals surface area contributed by atoms with E-state index in [1.165, 1.54) is 6.33 Å². The zero-order valence-electron chi connectivity index (χ0n) is 15.2. The highest BCUT2D eigenvalue weighted by Crippen LogP contribution is 2.29. The summed E-state index contributed by atoms with van der Waals surface area (Å²) >= 11 is 0. The van der Waals surface area contributed by atoms with E-state index in [9.17, 15) is 4.79 Å². The molecule has 0 radical (unpaired) electrons. The molecule has 0 fully saturated rings. The van der Waals surface area contributed by atoms with Crippen LogP contribution in [-0.2, 0) is 12.0 Å². The Bertz CT molecular complexity index is 741. The first-order chi connectivity index (χ1) is 11.8. The fourth-order valence-electron chi connectivity index (χ4n) is 2.43. The van der Waals surface area contributed by atoms with Crippen molar-refractivity contribution in [2.75, 3.05) is 19.5 Å². The van der Waals surface area contributed by atoms with Gasteiger partial charge in [-0.3, -0.25) is 0 Å². The number of carbonyl (C=O) groups excluding carboxylic acids is 1. The van der Waals surface area contributed by atoms with Crippen molar-refractivity contribution in [3.05, 3.63) is 42.0 Å². The maximum atomic E-state index is 12.2. The highest BCUT2D eigenvalue weighted by atomic mass is 16.5. The van der Waals surface area contributed by atoms with E-state index >= 15 is 0 Å². The van der Waals surface area contributed by atoms with Gasteiger partial charge in [-0.25, -0.2) is 14.8 Å². The molecule has 25 heavy (non-hydrogen) atoms. The van der Waals surface area contributed by atoms with Crippen LogP contribution < -0.4 is 20.1 Å². The number of anilines is 1. The van der Waals surface area contributed by atoms with Crippen LogP contribution in [0.1, 0.15) is 32.0 Å². The molecule has 134 valence electrons. The number of benzene rings is 1. The molecular weight excluding hydrogens is 320 g/mol. The molecule has 0 bridgehead atoms. The number of aromatic nitrogens is 2. The number of ether oxygens (including phenoxy) is 2. The van der Waals surface area contributed by atoms with E-state index < -0.39 is 0 Å². The van der Waals surface area contributed by atoms with Crippen molar-refractivity contribution in [2.45, 2.75) is 32.7 Å². The zero-order chi connectivity index (χ0) is 18.4. The van der Waals surface area contributed by atoms with Gasteiger partial charge in [-0.1, -0.05) is 20.8 Å². The molecule has 2 amide bonds. The Kier molecular flexibility index (Phi) is 5.80. The molecule has 7 nitrogen and oxygen atoms in total. The van der Waals surface area contributed by atoms with Gasteiger partial charge >= 0.3 is 6.03 Å². The van der Waals surface area contributed by atoms with Crippen molar-refractivity contribution in [2.24, 2.45) is 0 Å². The van der Waals surface area contributed by atoms with Crippen molar-refractivity contribution in [3.63, 3.8) is 0 Å². The van der Waals surface area contributed by atoms with Gasteiger partial charge in [0, 0.05) is 35.5 Å². The summed E-state index contributed by atoms with van der Waals surface area (Å²) in [5.41, 5.74) is 2.28. The maximum absolute atomic E-state index is 12.2. The number of urea groups is 1. The lowest BCUT2D eigenvalue weighted by Gasteiger charge is -2.21. The molecule has 0 aliphatic heterocycles. The second-order valence-electron chi connectivity index (χ2n) is 6.52. The summed E-state index contributed by atoms with van der Waals surface area (Å²) in [6, 6.07) is 4.85. The Morgan fingerprint density at radius 3 is 2.52 bits per heavy atom. The van der Waals surface area contributed by atoms with Gasteiger partial charge in [0.05, 0.1) is 19.9 Å². The summed E-state index contributed by atoms with van der Waals surface area (Å²) in [6.07, 6.45) is 3.25. The molecule has 0 atom stereocenters. The summed E-state index contributed by atoms with van der Waals surface area (Å²) in [5.74, 6) is 1.15. The highest BCUT2D eigenvalue weighted by molar-refractivity contribution is 5.89. The molecule has 7 heteroatoms. The number of rotatable bonds is 5. The molecule has 0 unspecified atom stereocenters. The summed E-state index contributed by atoms with van der Waals surface area (Å²) < 4.78 is 10.4. The van der Waals surface area contributed by atoms with Crippen LogP contribution in [0.4, 0.5) is 10.5 Å². The molecule has 2 aromatic rings. The normalized spacial score (nSPS) is 10.9. The Labute approximate surface area is 147 Å². The quantitative estimate of drug-likeness (QED) is 0.870. The van der Waals surface area contributed by atoms with Gasteiger partial charge < -0.3 is 20.1 Å². The number of nitrogens with one attached hydrogen (secondary N) is 2. The van der Waals surface area contributed by atoms with E-state index in [1.54, 1.807) is 38.6 Å². The number of hydrogen-bond donors (Lipinski definition) is 2. The lowest BCUT2D eigenvalue weighted by Crippen LogP contribution is -2.30. The van der Waals surface area contributed by atoms with Gasteiger partial charge in [0.2, 0.25) is 0 Å². The van der Waals surface area contributed by atoms with E-state index in [4.69, 9.17) is 9.47 Å². The number of hydrogen-bond acceptors (Lipinski definition) is 5. The van der Waals surface area contributed by atoms with Crippen molar-refractivity contribution in [3.8, 4) is 11.5 Å². The van der Waals surface area contributed by atoms with E-state index in [1.807, 2.05) is 0 Å². The number of methoxy groups -OCH3 is 2. The Morgan fingerprint density at radius 1 is 1.16 bits per heavy atom. The van der Waals surface area contributed by atoms with E-state index in [-0.39, 0.29) is 11.4 Å². The first-order valence-corrected chi connectivity index (χ1v) is 7.91. The van der Waals surface area contributed by atoms with Gasteiger partial charge in [0.15, 0.2) is 11.5 Å². The third kappa shape index (κ3) is 4.82. The molecule has 1 aromatic heterocycles. The van der Waals surface area contributed by atoms with Crippen LogP contribution in [0.5, 0.6) is 11.5 Å². The van der Waals surface area contributed by atoms with Gasteiger partial charge in [0.1, 0.15) is 6.33 Å². The van der Waals surface area contributed by atoms with Gasteiger partial charge in [-0.2, -0.15) is 0 Å². The Balaban J connectivity index is 2.03. The first kappa shape index (κ1) is 18.5. The van der Waals surface area contributed by atoms with Crippen LogP contribution in [0.15, 0.2) is 30.7 Å². The second kappa shape index (κ2) is 7.83. The van der Waals surface area contributed by atoms with Crippen LogP contribution in [0.2, 0.25) is 0 Å². The molecule has 0 aliphatic rings. The van der Waals surface area contributed by atoms with Crippen molar-refractivity contribution < 1.29 is 14.3 Å². The minimum absolute atomic E-state index is 0.125. The number of amides is 2. The van der Waals surface area contributed by atoms with Crippen LogP contribution in [0, 0.1) is 0 Å². The molecule has 2 rings (SSSR count). The SMILES string of the molecule is COc1ccc(NC(=O)NCc2cncnc2C(C)(C)C)cc1OC. The lowest BCUT2D eigenvalue weighted by molar-refractivity contribution is 0.251. The van der Waals surface area contributed by atoms with Crippen LogP contribution in [-0.4, -0.2) is 30.2 Å². The summed E-state index contributed by atoms with van der Waals surface area (Å²) in [5, 5.41) is 5.59. The maximum Gasteiger partial charge on any atom is 0.319 e. The van der Waals surface area contributed by atoms with Crippen molar-refractivity contribution >= 4 is 11.7 Å². The highest BCUT2D eigenvalue weighted by Gasteiger charge is 2.19. The predicted molar refractivity (Wildman–Crippen MR) is 96.1 cm³/mol.